The number of carboxylic acids is 1. The summed E-state index contributed by atoms with van der Waals surface area (Å²) in [6, 6.07) is -1.13. The van der Waals surface area contributed by atoms with Crippen LogP contribution in [0.1, 0.15) is 27.7 Å². The summed E-state index contributed by atoms with van der Waals surface area (Å²) < 4.78 is 5.19. The second-order valence-electron chi connectivity index (χ2n) is 4.87. The number of esters is 1. The van der Waals surface area contributed by atoms with Crippen molar-refractivity contribution >= 4 is 33.5 Å². The summed E-state index contributed by atoms with van der Waals surface area (Å²) in [4.78, 5) is 22.5. The quantitative estimate of drug-likeness (QED) is 0.312. The average Bonchev–Trinajstić information content (AvgIpc) is 2.30. The smallest absolute Gasteiger partial charge is 0.324 e. The molecule has 0 radical (unpaired) electrons. The molecule has 0 aliphatic carbocycles. The number of hydrogen-bond acceptors (Lipinski definition) is 7. The van der Waals surface area contributed by atoms with Gasteiger partial charge in [0, 0.05) is 17.5 Å². The van der Waals surface area contributed by atoms with Gasteiger partial charge in [0.25, 0.3) is 0 Å². The molecule has 0 aromatic heterocycles. The van der Waals surface area contributed by atoms with E-state index in [4.69, 9.17) is 15.6 Å². The maximum Gasteiger partial charge on any atom is 0.324 e. The lowest BCUT2D eigenvalue weighted by Crippen LogP contribution is -2.44. The third kappa shape index (κ3) is 9.46. The monoisotopic (exact) mass is 324 g/mol. The molecule has 0 aliphatic heterocycles. The summed E-state index contributed by atoms with van der Waals surface area (Å²) in [6.45, 7) is 7.51. The zero-order chi connectivity index (χ0) is 15.7. The minimum atomic E-state index is -1.02. The second-order valence-corrected chi connectivity index (χ2v) is 7.43. The molecule has 0 heterocycles. The van der Waals surface area contributed by atoms with E-state index in [1.165, 1.54) is 21.6 Å². The zero-order valence-electron chi connectivity index (χ0n) is 12.3. The van der Waals surface area contributed by atoms with Gasteiger partial charge in [-0.25, -0.2) is 0 Å². The first-order valence-electron chi connectivity index (χ1n) is 6.43. The number of carbonyl (C=O) groups excluding carboxylic acids is 1. The largest absolute Gasteiger partial charge is 0.480 e. The zero-order valence-corrected chi connectivity index (χ0v) is 13.9. The molecule has 0 aliphatic rings. The van der Waals surface area contributed by atoms with Crippen LogP contribution in [-0.4, -0.2) is 52.8 Å². The highest BCUT2D eigenvalue weighted by molar-refractivity contribution is 8.76. The Morgan fingerprint density at radius 1 is 1.20 bits per heavy atom. The molecule has 0 saturated heterocycles. The number of rotatable bonds is 10. The van der Waals surface area contributed by atoms with Gasteiger partial charge in [-0.2, -0.15) is 0 Å². The minimum Gasteiger partial charge on any atom is -0.480 e. The summed E-state index contributed by atoms with van der Waals surface area (Å²) in [5, 5.41) is 11.8. The van der Waals surface area contributed by atoms with E-state index in [-0.39, 0.29) is 18.1 Å². The lowest BCUT2D eigenvalue weighted by Gasteiger charge is -2.20. The first kappa shape index (κ1) is 19.6. The van der Waals surface area contributed by atoms with Crippen LogP contribution >= 0.6 is 21.6 Å². The fourth-order valence-corrected chi connectivity index (χ4v) is 3.49. The third-order valence-electron chi connectivity index (χ3n) is 2.05. The Morgan fingerprint density at radius 3 is 2.20 bits per heavy atom. The number of aliphatic carboxylic acids is 1. The fraction of sp³-hybridized carbons (Fsp3) is 0.833. The van der Waals surface area contributed by atoms with Crippen LogP contribution in [0.2, 0.25) is 0 Å². The van der Waals surface area contributed by atoms with Crippen LogP contribution in [0.3, 0.4) is 0 Å². The van der Waals surface area contributed by atoms with Crippen molar-refractivity contribution in [2.75, 3.05) is 11.5 Å². The van der Waals surface area contributed by atoms with E-state index in [1.54, 1.807) is 13.8 Å². The normalized spacial score (nSPS) is 14.3. The van der Waals surface area contributed by atoms with Gasteiger partial charge in [0.15, 0.2) is 0 Å². The molecule has 0 rings (SSSR count). The molecule has 20 heavy (non-hydrogen) atoms. The van der Waals surface area contributed by atoms with Crippen molar-refractivity contribution in [1.29, 1.82) is 0 Å². The Morgan fingerprint density at radius 2 is 1.75 bits per heavy atom. The molecule has 0 spiro atoms. The molecular weight excluding hydrogens is 300 g/mol. The van der Waals surface area contributed by atoms with Crippen LogP contribution in [0.4, 0.5) is 0 Å². The molecule has 0 amide bonds. The van der Waals surface area contributed by atoms with Crippen LogP contribution in [-0.2, 0) is 14.3 Å². The summed E-state index contributed by atoms with van der Waals surface area (Å²) in [6.07, 6.45) is -0.156. The highest BCUT2D eigenvalue weighted by Crippen LogP contribution is 2.23. The Kier molecular flexibility index (Phi) is 10.1. The van der Waals surface area contributed by atoms with E-state index in [0.29, 0.717) is 11.5 Å². The van der Waals surface area contributed by atoms with E-state index in [9.17, 15) is 9.59 Å². The fourth-order valence-electron chi connectivity index (χ4n) is 1.21. The molecule has 118 valence electrons. The topological polar surface area (TPSA) is 102 Å². The number of hydrogen-bond donors (Lipinski definition) is 3. The standard InChI is InChI=1S/C12H24N2O4S2/c1-7(2)14-10(12(17)18-8(3)4)6-20-19-5-9(13)11(15)16/h7-10,14H,5-6,13H2,1-4H3,(H,15,16). The summed E-state index contributed by atoms with van der Waals surface area (Å²) in [5.41, 5.74) is 5.40. The van der Waals surface area contributed by atoms with E-state index < -0.39 is 18.1 Å². The van der Waals surface area contributed by atoms with E-state index >= 15 is 0 Å². The summed E-state index contributed by atoms with van der Waals surface area (Å²) in [7, 11) is 2.76. The predicted octanol–water partition coefficient (Wildman–Crippen LogP) is 1.10. The molecule has 2 atom stereocenters. The number of carboxylic acid groups (broad SMARTS) is 1. The van der Waals surface area contributed by atoms with Crippen LogP contribution in [0.25, 0.3) is 0 Å². The van der Waals surface area contributed by atoms with Crippen LogP contribution in [0.5, 0.6) is 0 Å². The van der Waals surface area contributed by atoms with E-state index in [0.717, 1.165) is 0 Å². The van der Waals surface area contributed by atoms with Crippen molar-refractivity contribution in [2.45, 2.75) is 51.9 Å². The molecule has 0 bridgehead atoms. The SMILES string of the molecule is CC(C)NC(CSSCC(N)C(=O)O)C(=O)OC(C)C. The highest BCUT2D eigenvalue weighted by atomic mass is 33.1. The minimum absolute atomic E-state index is 0.156. The molecule has 8 heteroatoms. The van der Waals surface area contributed by atoms with Crippen molar-refractivity contribution < 1.29 is 19.4 Å². The molecule has 4 N–H and O–H groups in total. The Labute approximate surface area is 128 Å². The molecular formula is C12H24N2O4S2. The van der Waals surface area contributed by atoms with Crippen molar-refractivity contribution in [3.05, 3.63) is 0 Å². The van der Waals surface area contributed by atoms with Gasteiger partial charge in [0.2, 0.25) is 0 Å². The first-order valence-corrected chi connectivity index (χ1v) is 8.92. The van der Waals surface area contributed by atoms with Gasteiger partial charge < -0.3 is 20.9 Å². The number of nitrogens with one attached hydrogen (secondary N) is 1. The van der Waals surface area contributed by atoms with Gasteiger partial charge >= 0.3 is 11.9 Å². The van der Waals surface area contributed by atoms with Crippen molar-refractivity contribution in [1.82, 2.24) is 5.32 Å². The summed E-state index contributed by atoms with van der Waals surface area (Å²) >= 11 is 0. The molecule has 0 aromatic carbocycles. The average molecular weight is 324 g/mol. The maximum absolute atomic E-state index is 11.9. The first-order chi connectivity index (χ1) is 9.23. The van der Waals surface area contributed by atoms with Crippen LogP contribution in [0, 0.1) is 0 Å². The van der Waals surface area contributed by atoms with Crippen molar-refractivity contribution in [3.8, 4) is 0 Å². The number of carbonyl (C=O) groups is 2. The van der Waals surface area contributed by atoms with Gasteiger partial charge in [-0.15, -0.1) is 0 Å². The van der Waals surface area contributed by atoms with Gasteiger partial charge in [-0.3, -0.25) is 9.59 Å². The predicted molar refractivity (Wildman–Crippen MR) is 83.8 cm³/mol. The molecule has 0 saturated carbocycles. The Bertz CT molecular complexity index is 314. The molecule has 2 unspecified atom stereocenters. The third-order valence-corrected chi connectivity index (χ3v) is 4.50. The lowest BCUT2D eigenvalue weighted by molar-refractivity contribution is -0.149. The van der Waals surface area contributed by atoms with Crippen LogP contribution < -0.4 is 11.1 Å². The number of ether oxygens (including phenoxy) is 1. The van der Waals surface area contributed by atoms with Gasteiger partial charge in [0.1, 0.15) is 12.1 Å². The molecule has 0 aromatic rings. The molecule has 0 fully saturated rings. The van der Waals surface area contributed by atoms with E-state index in [1.807, 2.05) is 13.8 Å². The van der Waals surface area contributed by atoms with Gasteiger partial charge in [0.05, 0.1) is 6.10 Å². The van der Waals surface area contributed by atoms with Crippen molar-refractivity contribution in [3.63, 3.8) is 0 Å². The Balaban J connectivity index is 4.17. The number of nitrogens with two attached hydrogens (primary N) is 1. The molecule has 6 nitrogen and oxygen atoms in total. The van der Waals surface area contributed by atoms with E-state index in [2.05, 4.69) is 5.32 Å². The second kappa shape index (κ2) is 10.3. The highest BCUT2D eigenvalue weighted by Gasteiger charge is 2.22. The van der Waals surface area contributed by atoms with Gasteiger partial charge in [-0.1, -0.05) is 35.4 Å². The Hall–Kier alpha value is -0.440. The maximum atomic E-state index is 11.9. The summed E-state index contributed by atoms with van der Waals surface area (Å²) in [5.74, 6) is -0.507. The van der Waals surface area contributed by atoms with Crippen molar-refractivity contribution in [2.24, 2.45) is 5.73 Å². The lowest BCUT2D eigenvalue weighted by atomic mass is 10.3. The van der Waals surface area contributed by atoms with Crippen LogP contribution in [0.15, 0.2) is 0 Å². The van der Waals surface area contributed by atoms with Gasteiger partial charge in [-0.05, 0) is 13.8 Å².